The summed E-state index contributed by atoms with van der Waals surface area (Å²) in [5, 5.41) is 3.98. The van der Waals surface area contributed by atoms with Gasteiger partial charge in [0, 0.05) is 57.4 Å². The van der Waals surface area contributed by atoms with Crippen molar-refractivity contribution < 1.29 is 4.79 Å². The fraction of sp³-hybridized carbons (Fsp3) is 0.250. The number of para-hydroxylation sites is 1. The van der Waals surface area contributed by atoms with Gasteiger partial charge in [0.25, 0.3) is 5.91 Å². The first kappa shape index (κ1) is 22.2. The second-order valence-electron chi connectivity index (χ2n) is 8.65. The summed E-state index contributed by atoms with van der Waals surface area (Å²) in [5.74, 6) is -0.0708. The standard InChI is InChI=1S/C28H29N5O/c34-28(30-14-15-32-16-18-33(19-17-32)21-22-8-2-1-3-9-22)24-20-27(26-12-6-7-13-29-26)31-25-11-5-4-10-23(24)25/h1-13,20H,14-19,21H2,(H,30,34). The lowest BCUT2D eigenvalue weighted by molar-refractivity contribution is 0.0935. The summed E-state index contributed by atoms with van der Waals surface area (Å²) >= 11 is 0. The number of pyridine rings is 2. The fourth-order valence-electron chi connectivity index (χ4n) is 4.44. The monoisotopic (exact) mass is 451 g/mol. The molecule has 3 heterocycles. The highest BCUT2D eigenvalue weighted by atomic mass is 16.1. The second-order valence-corrected chi connectivity index (χ2v) is 8.65. The highest BCUT2D eigenvalue weighted by Crippen LogP contribution is 2.23. The average Bonchev–Trinajstić information content (AvgIpc) is 2.90. The van der Waals surface area contributed by atoms with Gasteiger partial charge in [-0.25, -0.2) is 4.98 Å². The van der Waals surface area contributed by atoms with E-state index in [-0.39, 0.29) is 5.91 Å². The average molecular weight is 452 g/mol. The number of carbonyl (C=O) groups excluding carboxylic acids is 1. The van der Waals surface area contributed by atoms with E-state index in [2.05, 4.69) is 50.4 Å². The lowest BCUT2D eigenvalue weighted by Gasteiger charge is -2.34. The van der Waals surface area contributed by atoms with Crippen LogP contribution >= 0.6 is 0 Å². The topological polar surface area (TPSA) is 61.4 Å². The number of aromatic nitrogens is 2. The number of carbonyl (C=O) groups is 1. The highest BCUT2D eigenvalue weighted by molar-refractivity contribution is 6.07. The zero-order chi connectivity index (χ0) is 23.2. The lowest BCUT2D eigenvalue weighted by Crippen LogP contribution is -2.48. The van der Waals surface area contributed by atoms with E-state index in [1.807, 2.05) is 48.5 Å². The van der Waals surface area contributed by atoms with Crippen molar-refractivity contribution in [1.82, 2.24) is 25.1 Å². The van der Waals surface area contributed by atoms with E-state index < -0.39 is 0 Å². The number of hydrogen-bond donors (Lipinski definition) is 1. The van der Waals surface area contributed by atoms with Crippen molar-refractivity contribution in [2.24, 2.45) is 0 Å². The van der Waals surface area contributed by atoms with Crippen molar-refractivity contribution in [3.63, 3.8) is 0 Å². The van der Waals surface area contributed by atoms with E-state index in [9.17, 15) is 4.79 Å². The number of benzene rings is 2. The minimum atomic E-state index is -0.0708. The van der Waals surface area contributed by atoms with Gasteiger partial charge in [0.1, 0.15) is 0 Å². The summed E-state index contributed by atoms with van der Waals surface area (Å²) in [7, 11) is 0. The maximum Gasteiger partial charge on any atom is 0.252 e. The number of fused-ring (bicyclic) bond motifs is 1. The molecule has 4 aromatic rings. The maximum atomic E-state index is 13.2. The van der Waals surface area contributed by atoms with Gasteiger partial charge < -0.3 is 5.32 Å². The van der Waals surface area contributed by atoms with Crippen LogP contribution in [0.15, 0.2) is 85.1 Å². The highest BCUT2D eigenvalue weighted by Gasteiger charge is 2.18. The zero-order valence-electron chi connectivity index (χ0n) is 19.2. The van der Waals surface area contributed by atoms with Gasteiger partial charge in [0.15, 0.2) is 0 Å². The van der Waals surface area contributed by atoms with Gasteiger partial charge in [0.05, 0.1) is 22.5 Å². The van der Waals surface area contributed by atoms with E-state index in [4.69, 9.17) is 4.98 Å². The summed E-state index contributed by atoms with van der Waals surface area (Å²) in [5.41, 5.74) is 4.26. The largest absolute Gasteiger partial charge is 0.351 e. The summed E-state index contributed by atoms with van der Waals surface area (Å²) in [6.45, 7) is 6.60. The molecular weight excluding hydrogens is 422 g/mol. The molecule has 6 nitrogen and oxygen atoms in total. The Hall–Kier alpha value is -3.61. The first-order chi connectivity index (χ1) is 16.8. The molecule has 1 aliphatic heterocycles. The summed E-state index contributed by atoms with van der Waals surface area (Å²) in [6.07, 6.45) is 1.74. The molecule has 0 radical (unpaired) electrons. The van der Waals surface area contributed by atoms with Gasteiger partial charge in [0.2, 0.25) is 0 Å². The molecule has 1 fully saturated rings. The van der Waals surface area contributed by atoms with Crippen molar-refractivity contribution >= 4 is 16.8 Å². The summed E-state index contributed by atoms with van der Waals surface area (Å²) in [4.78, 5) is 27.2. The minimum absolute atomic E-state index is 0.0708. The van der Waals surface area contributed by atoms with Gasteiger partial charge in [-0.05, 0) is 29.8 Å². The van der Waals surface area contributed by atoms with Crippen LogP contribution in [0.5, 0.6) is 0 Å². The first-order valence-corrected chi connectivity index (χ1v) is 11.8. The first-order valence-electron chi connectivity index (χ1n) is 11.8. The van der Waals surface area contributed by atoms with Crippen LogP contribution < -0.4 is 5.32 Å². The smallest absolute Gasteiger partial charge is 0.252 e. The summed E-state index contributed by atoms with van der Waals surface area (Å²) < 4.78 is 0. The van der Waals surface area contributed by atoms with Crippen molar-refractivity contribution in [2.45, 2.75) is 6.54 Å². The predicted octanol–water partition coefficient (Wildman–Crippen LogP) is 3.84. The van der Waals surface area contributed by atoms with Crippen molar-refractivity contribution in [3.05, 3.63) is 96.2 Å². The normalized spacial score (nSPS) is 14.8. The third kappa shape index (κ3) is 5.30. The van der Waals surface area contributed by atoms with Crippen molar-refractivity contribution in [1.29, 1.82) is 0 Å². The van der Waals surface area contributed by atoms with Gasteiger partial charge in [-0.3, -0.25) is 19.6 Å². The molecule has 1 aliphatic rings. The number of hydrogen-bond acceptors (Lipinski definition) is 5. The maximum absolute atomic E-state index is 13.2. The molecule has 172 valence electrons. The Kier molecular flexibility index (Phi) is 6.89. The third-order valence-corrected chi connectivity index (χ3v) is 6.32. The van der Waals surface area contributed by atoms with Crippen LogP contribution in [0.25, 0.3) is 22.3 Å². The van der Waals surface area contributed by atoms with Crippen molar-refractivity contribution in [3.8, 4) is 11.4 Å². The van der Waals surface area contributed by atoms with Crippen LogP contribution in [0.1, 0.15) is 15.9 Å². The molecule has 1 amide bonds. The van der Waals surface area contributed by atoms with Gasteiger partial charge >= 0.3 is 0 Å². The van der Waals surface area contributed by atoms with Gasteiger partial charge in [-0.2, -0.15) is 0 Å². The Morgan fingerprint density at radius 2 is 1.56 bits per heavy atom. The fourth-order valence-corrected chi connectivity index (χ4v) is 4.44. The van der Waals surface area contributed by atoms with Gasteiger partial charge in [-0.15, -0.1) is 0 Å². The SMILES string of the molecule is O=C(NCCN1CCN(Cc2ccccc2)CC1)c1cc(-c2ccccn2)nc2ccccc12. The number of nitrogens with one attached hydrogen (secondary N) is 1. The van der Waals surface area contributed by atoms with Crippen LogP contribution in [-0.4, -0.2) is 64.9 Å². The number of amides is 1. The Labute approximate surface area is 200 Å². The predicted molar refractivity (Wildman–Crippen MR) is 135 cm³/mol. The molecule has 6 heteroatoms. The lowest BCUT2D eigenvalue weighted by atomic mass is 10.1. The van der Waals surface area contributed by atoms with Crippen molar-refractivity contribution in [2.75, 3.05) is 39.3 Å². The molecule has 1 saturated heterocycles. The van der Waals surface area contributed by atoms with E-state index in [0.717, 1.165) is 55.9 Å². The molecule has 34 heavy (non-hydrogen) atoms. The Bertz CT molecular complexity index is 1240. The summed E-state index contributed by atoms with van der Waals surface area (Å²) in [6, 6.07) is 26.0. The number of piperazine rings is 1. The minimum Gasteiger partial charge on any atom is -0.351 e. The van der Waals surface area contributed by atoms with Crippen LogP contribution in [-0.2, 0) is 6.54 Å². The molecule has 0 atom stereocenters. The van der Waals surface area contributed by atoms with Crippen LogP contribution in [0.2, 0.25) is 0 Å². The third-order valence-electron chi connectivity index (χ3n) is 6.32. The quantitative estimate of drug-likeness (QED) is 0.463. The van der Waals surface area contributed by atoms with Crippen LogP contribution in [0.4, 0.5) is 0 Å². The Morgan fingerprint density at radius 3 is 2.35 bits per heavy atom. The molecular formula is C28H29N5O. The second kappa shape index (κ2) is 10.5. The van der Waals surface area contributed by atoms with Gasteiger partial charge in [-0.1, -0.05) is 54.6 Å². The van der Waals surface area contributed by atoms with E-state index in [0.29, 0.717) is 17.8 Å². The molecule has 0 bridgehead atoms. The molecule has 0 unspecified atom stereocenters. The zero-order valence-corrected chi connectivity index (χ0v) is 19.2. The number of rotatable bonds is 7. The molecule has 0 spiro atoms. The molecule has 1 N–H and O–H groups in total. The molecule has 2 aromatic heterocycles. The van der Waals surface area contributed by atoms with Crippen LogP contribution in [0.3, 0.4) is 0 Å². The molecule has 5 rings (SSSR count). The Morgan fingerprint density at radius 1 is 0.824 bits per heavy atom. The van der Waals surface area contributed by atoms with E-state index in [1.54, 1.807) is 6.20 Å². The molecule has 0 aliphatic carbocycles. The molecule has 2 aromatic carbocycles. The van der Waals surface area contributed by atoms with E-state index >= 15 is 0 Å². The molecule has 0 saturated carbocycles. The van der Waals surface area contributed by atoms with Crippen LogP contribution in [0, 0.1) is 0 Å². The Balaban J connectivity index is 1.19. The van der Waals surface area contributed by atoms with E-state index in [1.165, 1.54) is 5.56 Å². The number of nitrogens with zero attached hydrogens (tertiary/aromatic N) is 4.